The number of carbonyl (C=O) groups is 1. The molecule has 0 unspecified atom stereocenters. The molecular formula is C11H16N4OS. The summed E-state index contributed by atoms with van der Waals surface area (Å²) in [6.45, 7) is 8.61. The predicted molar refractivity (Wildman–Crippen MR) is 67.7 cm³/mol. The monoisotopic (exact) mass is 252 g/mol. The van der Waals surface area contributed by atoms with Crippen molar-refractivity contribution in [3.05, 3.63) is 16.4 Å². The van der Waals surface area contributed by atoms with Gasteiger partial charge in [-0.05, 0) is 13.8 Å². The molecule has 0 aliphatic rings. The Labute approximate surface area is 104 Å². The lowest BCUT2D eigenvalue weighted by molar-refractivity contribution is 0.0959. The minimum Gasteiger partial charge on any atom is -0.352 e. The van der Waals surface area contributed by atoms with Gasteiger partial charge in [-0.15, -0.1) is 10.2 Å². The van der Waals surface area contributed by atoms with E-state index >= 15 is 0 Å². The highest BCUT2D eigenvalue weighted by atomic mass is 32.1. The standard InChI is InChI=1S/C11H16N4OS/c1-5-12-10(16)8-7(4)15-9(6(2)3)13-14-11(15)17-8/h6H,5H2,1-4H3,(H,12,16). The Bertz CT molecular complexity index is 555. The quantitative estimate of drug-likeness (QED) is 0.908. The highest BCUT2D eigenvalue weighted by Crippen LogP contribution is 2.25. The number of aryl methyl sites for hydroxylation is 1. The Morgan fingerprint density at radius 1 is 1.47 bits per heavy atom. The average molecular weight is 252 g/mol. The molecule has 0 saturated heterocycles. The molecule has 2 aromatic heterocycles. The molecular weight excluding hydrogens is 236 g/mol. The van der Waals surface area contributed by atoms with Gasteiger partial charge in [0.2, 0.25) is 4.96 Å². The minimum absolute atomic E-state index is 0.0322. The number of carbonyl (C=O) groups excluding carboxylic acids is 1. The molecule has 92 valence electrons. The van der Waals surface area contributed by atoms with E-state index in [1.807, 2.05) is 18.2 Å². The molecule has 17 heavy (non-hydrogen) atoms. The summed E-state index contributed by atoms with van der Waals surface area (Å²) in [5.41, 5.74) is 0.921. The van der Waals surface area contributed by atoms with Gasteiger partial charge in [0.15, 0.2) is 0 Å². The number of hydrogen-bond acceptors (Lipinski definition) is 4. The Morgan fingerprint density at radius 2 is 2.18 bits per heavy atom. The zero-order valence-electron chi connectivity index (χ0n) is 10.4. The van der Waals surface area contributed by atoms with Gasteiger partial charge in [-0.3, -0.25) is 9.20 Å². The van der Waals surface area contributed by atoms with Crippen LogP contribution < -0.4 is 5.32 Å². The lowest BCUT2D eigenvalue weighted by atomic mass is 10.2. The summed E-state index contributed by atoms with van der Waals surface area (Å²) in [5, 5.41) is 11.1. The van der Waals surface area contributed by atoms with Gasteiger partial charge >= 0.3 is 0 Å². The van der Waals surface area contributed by atoms with Crippen molar-refractivity contribution in [3.63, 3.8) is 0 Å². The van der Waals surface area contributed by atoms with Crippen molar-refractivity contribution in [1.29, 1.82) is 0 Å². The van der Waals surface area contributed by atoms with Gasteiger partial charge in [0.1, 0.15) is 10.7 Å². The molecule has 1 N–H and O–H groups in total. The molecule has 0 aliphatic carbocycles. The van der Waals surface area contributed by atoms with E-state index in [1.54, 1.807) is 0 Å². The molecule has 2 heterocycles. The van der Waals surface area contributed by atoms with Crippen molar-refractivity contribution in [1.82, 2.24) is 19.9 Å². The summed E-state index contributed by atoms with van der Waals surface area (Å²) in [6.07, 6.45) is 0. The third-order valence-electron chi connectivity index (χ3n) is 2.58. The Hall–Kier alpha value is -1.43. The molecule has 0 bridgehead atoms. The van der Waals surface area contributed by atoms with E-state index < -0.39 is 0 Å². The first kappa shape index (κ1) is 12.0. The Morgan fingerprint density at radius 3 is 2.76 bits per heavy atom. The van der Waals surface area contributed by atoms with E-state index in [-0.39, 0.29) is 5.91 Å². The summed E-state index contributed by atoms with van der Waals surface area (Å²) in [4.78, 5) is 13.4. The van der Waals surface area contributed by atoms with Crippen LogP contribution in [-0.2, 0) is 0 Å². The van der Waals surface area contributed by atoms with E-state index in [2.05, 4.69) is 29.4 Å². The SMILES string of the molecule is CCNC(=O)c1sc2nnc(C(C)C)n2c1C. The molecule has 5 nitrogen and oxygen atoms in total. The zero-order chi connectivity index (χ0) is 12.6. The number of nitrogens with zero attached hydrogens (tertiary/aromatic N) is 3. The van der Waals surface area contributed by atoms with E-state index in [9.17, 15) is 4.79 Å². The number of hydrogen-bond donors (Lipinski definition) is 1. The molecule has 0 radical (unpaired) electrons. The molecule has 0 fully saturated rings. The molecule has 0 aliphatic heterocycles. The Kier molecular flexibility index (Phi) is 3.15. The minimum atomic E-state index is -0.0322. The smallest absolute Gasteiger partial charge is 0.263 e. The number of amides is 1. The maximum atomic E-state index is 11.9. The largest absolute Gasteiger partial charge is 0.352 e. The van der Waals surface area contributed by atoms with Crippen molar-refractivity contribution in [2.24, 2.45) is 0 Å². The van der Waals surface area contributed by atoms with Gasteiger partial charge in [-0.25, -0.2) is 0 Å². The maximum absolute atomic E-state index is 11.9. The fourth-order valence-electron chi connectivity index (χ4n) is 1.75. The number of fused-ring (bicyclic) bond motifs is 1. The van der Waals surface area contributed by atoms with Crippen molar-refractivity contribution in [2.75, 3.05) is 6.54 Å². The molecule has 0 spiro atoms. The number of nitrogens with one attached hydrogen (secondary N) is 1. The summed E-state index contributed by atoms with van der Waals surface area (Å²) in [5.74, 6) is 1.17. The van der Waals surface area contributed by atoms with Gasteiger partial charge < -0.3 is 5.32 Å². The first-order chi connectivity index (χ1) is 8.06. The van der Waals surface area contributed by atoms with Crippen molar-refractivity contribution in [2.45, 2.75) is 33.6 Å². The molecule has 0 aromatic carbocycles. The molecule has 2 rings (SSSR count). The van der Waals surface area contributed by atoms with Crippen LogP contribution in [0.2, 0.25) is 0 Å². The van der Waals surface area contributed by atoms with Crippen molar-refractivity contribution >= 4 is 22.2 Å². The molecule has 0 atom stereocenters. The number of aromatic nitrogens is 3. The van der Waals surface area contributed by atoms with Crippen LogP contribution in [-0.4, -0.2) is 27.0 Å². The van der Waals surface area contributed by atoms with Crippen LogP contribution in [0.4, 0.5) is 0 Å². The normalized spacial score (nSPS) is 11.4. The van der Waals surface area contributed by atoms with Crippen LogP contribution in [0.15, 0.2) is 0 Å². The van der Waals surface area contributed by atoms with Gasteiger partial charge in [-0.1, -0.05) is 25.2 Å². The van der Waals surface area contributed by atoms with Crippen LogP contribution in [0, 0.1) is 6.92 Å². The second kappa shape index (κ2) is 4.44. The fourth-order valence-corrected chi connectivity index (χ4v) is 2.74. The van der Waals surface area contributed by atoms with Crippen molar-refractivity contribution < 1.29 is 4.79 Å². The van der Waals surface area contributed by atoms with E-state index in [4.69, 9.17) is 0 Å². The summed E-state index contributed by atoms with van der Waals surface area (Å²) < 4.78 is 1.97. The van der Waals surface area contributed by atoms with E-state index in [0.29, 0.717) is 12.5 Å². The molecule has 1 amide bonds. The van der Waals surface area contributed by atoms with Crippen LogP contribution in [0.1, 0.15) is 47.9 Å². The number of thiazole rings is 1. The highest BCUT2D eigenvalue weighted by molar-refractivity contribution is 7.19. The van der Waals surface area contributed by atoms with E-state index in [1.165, 1.54) is 11.3 Å². The second-order valence-electron chi connectivity index (χ2n) is 4.21. The first-order valence-electron chi connectivity index (χ1n) is 5.68. The van der Waals surface area contributed by atoms with Crippen LogP contribution >= 0.6 is 11.3 Å². The number of rotatable bonds is 3. The zero-order valence-corrected chi connectivity index (χ0v) is 11.3. The van der Waals surface area contributed by atoms with Crippen LogP contribution in [0.3, 0.4) is 0 Å². The third-order valence-corrected chi connectivity index (χ3v) is 3.71. The third kappa shape index (κ3) is 1.93. The molecule has 6 heteroatoms. The first-order valence-corrected chi connectivity index (χ1v) is 6.50. The van der Waals surface area contributed by atoms with Crippen LogP contribution in [0.5, 0.6) is 0 Å². The van der Waals surface area contributed by atoms with Gasteiger partial charge in [0, 0.05) is 18.2 Å². The topological polar surface area (TPSA) is 59.3 Å². The van der Waals surface area contributed by atoms with E-state index in [0.717, 1.165) is 21.4 Å². The van der Waals surface area contributed by atoms with Gasteiger partial charge in [-0.2, -0.15) is 0 Å². The Balaban J connectivity index is 2.54. The lowest BCUT2D eigenvalue weighted by Crippen LogP contribution is -2.22. The molecule has 0 saturated carbocycles. The highest BCUT2D eigenvalue weighted by Gasteiger charge is 2.20. The summed E-state index contributed by atoms with van der Waals surface area (Å²) in [7, 11) is 0. The van der Waals surface area contributed by atoms with Crippen LogP contribution in [0.25, 0.3) is 4.96 Å². The van der Waals surface area contributed by atoms with Gasteiger partial charge in [0.25, 0.3) is 5.91 Å². The summed E-state index contributed by atoms with van der Waals surface area (Å²) >= 11 is 1.39. The predicted octanol–water partition coefficient (Wildman–Crippen LogP) is 1.97. The second-order valence-corrected chi connectivity index (χ2v) is 5.18. The lowest BCUT2D eigenvalue weighted by Gasteiger charge is -2.03. The summed E-state index contributed by atoms with van der Waals surface area (Å²) in [6, 6.07) is 0. The average Bonchev–Trinajstić information content (AvgIpc) is 2.79. The fraction of sp³-hybridized carbons (Fsp3) is 0.545. The van der Waals surface area contributed by atoms with Crippen molar-refractivity contribution in [3.8, 4) is 0 Å². The van der Waals surface area contributed by atoms with Gasteiger partial charge in [0.05, 0.1) is 0 Å². The molecule has 2 aromatic rings. The maximum Gasteiger partial charge on any atom is 0.263 e.